The number of hydrogen-bond donors (Lipinski definition) is 2. The average molecular weight is 450 g/mol. The Labute approximate surface area is 184 Å². The molecule has 0 fully saturated rings. The van der Waals surface area contributed by atoms with Crippen molar-refractivity contribution in [1.82, 2.24) is 9.78 Å². The van der Waals surface area contributed by atoms with Crippen molar-refractivity contribution >= 4 is 27.3 Å². The molecular formula is C23H19FN4O3S. The lowest BCUT2D eigenvalue weighted by Gasteiger charge is -2.13. The first-order chi connectivity index (χ1) is 15.3. The molecule has 1 amide bonds. The minimum absolute atomic E-state index is 0.0756. The zero-order chi connectivity index (χ0) is 22.7. The summed E-state index contributed by atoms with van der Waals surface area (Å²) >= 11 is 0. The van der Waals surface area contributed by atoms with Gasteiger partial charge in [-0.15, -0.1) is 0 Å². The van der Waals surface area contributed by atoms with Crippen LogP contribution in [0.2, 0.25) is 0 Å². The van der Waals surface area contributed by atoms with E-state index < -0.39 is 21.7 Å². The zero-order valence-electron chi connectivity index (χ0n) is 17.0. The van der Waals surface area contributed by atoms with Crippen LogP contribution in [0.3, 0.4) is 0 Å². The molecule has 7 nitrogen and oxygen atoms in total. The van der Waals surface area contributed by atoms with E-state index in [4.69, 9.17) is 0 Å². The van der Waals surface area contributed by atoms with E-state index >= 15 is 0 Å². The van der Waals surface area contributed by atoms with E-state index in [0.29, 0.717) is 5.56 Å². The molecule has 4 rings (SSSR count). The molecule has 0 aliphatic heterocycles. The van der Waals surface area contributed by atoms with Gasteiger partial charge in [0.2, 0.25) is 0 Å². The van der Waals surface area contributed by atoms with Crippen molar-refractivity contribution in [1.29, 1.82) is 0 Å². The summed E-state index contributed by atoms with van der Waals surface area (Å²) in [4.78, 5) is 12.6. The van der Waals surface area contributed by atoms with E-state index in [1.54, 1.807) is 36.0 Å². The van der Waals surface area contributed by atoms with Gasteiger partial charge in [0.05, 0.1) is 16.3 Å². The Kier molecular flexibility index (Phi) is 5.74. The lowest BCUT2D eigenvalue weighted by Crippen LogP contribution is -2.17. The Morgan fingerprint density at radius 2 is 1.69 bits per heavy atom. The number of para-hydroxylation sites is 2. The number of anilines is 2. The van der Waals surface area contributed by atoms with E-state index in [0.717, 1.165) is 11.8 Å². The van der Waals surface area contributed by atoms with Crippen molar-refractivity contribution in [2.75, 3.05) is 10.0 Å². The molecule has 32 heavy (non-hydrogen) atoms. The van der Waals surface area contributed by atoms with Gasteiger partial charge in [-0.05, 0) is 55.0 Å². The number of nitrogens with zero attached hydrogens (tertiary/aromatic N) is 2. The van der Waals surface area contributed by atoms with E-state index in [-0.39, 0.29) is 22.0 Å². The summed E-state index contributed by atoms with van der Waals surface area (Å²) in [7, 11) is -4.08. The molecule has 0 spiro atoms. The maximum atomic E-state index is 13.9. The van der Waals surface area contributed by atoms with Crippen molar-refractivity contribution in [2.24, 2.45) is 0 Å². The van der Waals surface area contributed by atoms with Crippen LogP contribution in [-0.4, -0.2) is 24.1 Å². The maximum absolute atomic E-state index is 13.9. The molecule has 0 radical (unpaired) electrons. The Bertz CT molecular complexity index is 1390. The largest absolute Gasteiger partial charge is 0.321 e. The lowest BCUT2D eigenvalue weighted by atomic mass is 10.2. The molecular weight excluding hydrogens is 431 g/mol. The van der Waals surface area contributed by atoms with E-state index in [1.165, 1.54) is 24.3 Å². The smallest absolute Gasteiger partial charge is 0.276 e. The first kappa shape index (κ1) is 21.3. The number of carbonyl (C=O) groups excluding carboxylic acids is 1. The minimum atomic E-state index is -4.08. The van der Waals surface area contributed by atoms with Crippen LogP contribution in [0, 0.1) is 12.7 Å². The summed E-state index contributed by atoms with van der Waals surface area (Å²) in [6, 6.07) is 20.8. The molecule has 3 aromatic carbocycles. The number of aromatic nitrogens is 2. The fourth-order valence-corrected chi connectivity index (χ4v) is 4.41. The first-order valence-electron chi connectivity index (χ1n) is 9.64. The molecule has 1 aromatic heterocycles. The molecule has 0 saturated carbocycles. The summed E-state index contributed by atoms with van der Waals surface area (Å²) in [5, 5.41) is 6.92. The quantitative estimate of drug-likeness (QED) is 0.456. The van der Waals surface area contributed by atoms with Crippen LogP contribution in [-0.2, 0) is 10.0 Å². The molecule has 0 aliphatic rings. The highest BCUT2D eigenvalue weighted by Crippen LogP contribution is 2.24. The minimum Gasteiger partial charge on any atom is -0.321 e. The van der Waals surface area contributed by atoms with Gasteiger partial charge in [-0.1, -0.05) is 36.4 Å². The molecule has 162 valence electrons. The molecule has 9 heteroatoms. The third-order valence-corrected chi connectivity index (χ3v) is 6.20. The van der Waals surface area contributed by atoms with Crippen LogP contribution < -0.4 is 10.0 Å². The van der Waals surface area contributed by atoms with Gasteiger partial charge in [0, 0.05) is 11.9 Å². The second kappa shape index (κ2) is 8.64. The highest BCUT2D eigenvalue weighted by atomic mass is 32.2. The number of benzene rings is 3. The third-order valence-electron chi connectivity index (χ3n) is 4.70. The molecule has 0 atom stereocenters. The number of amides is 1. The van der Waals surface area contributed by atoms with Crippen LogP contribution in [0.15, 0.2) is 90.0 Å². The Hall–Kier alpha value is -3.98. The average Bonchev–Trinajstić information content (AvgIpc) is 3.28. The van der Waals surface area contributed by atoms with Crippen molar-refractivity contribution < 1.29 is 17.6 Å². The van der Waals surface area contributed by atoms with Crippen molar-refractivity contribution in [3.05, 3.63) is 102 Å². The van der Waals surface area contributed by atoms with Crippen LogP contribution in [0.4, 0.5) is 15.8 Å². The van der Waals surface area contributed by atoms with Crippen LogP contribution in [0.1, 0.15) is 16.1 Å². The van der Waals surface area contributed by atoms with Crippen LogP contribution in [0.5, 0.6) is 0 Å². The van der Waals surface area contributed by atoms with Gasteiger partial charge in [-0.2, -0.15) is 5.10 Å². The second-order valence-electron chi connectivity index (χ2n) is 7.00. The van der Waals surface area contributed by atoms with Crippen molar-refractivity contribution in [2.45, 2.75) is 11.8 Å². The summed E-state index contributed by atoms with van der Waals surface area (Å²) in [6.07, 6.45) is 1.66. The molecule has 2 N–H and O–H groups in total. The number of halogens is 1. The molecule has 1 heterocycles. The van der Waals surface area contributed by atoms with E-state index in [9.17, 15) is 17.6 Å². The van der Waals surface area contributed by atoms with Gasteiger partial charge in [-0.25, -0.2) is 17.5 Å². The first-order valence-corrected chi connectivity index (χ1v) is 11.1. The van der Waals surface area contributed by atoms with Crippen LogP contribution in [0.25, 0.3) is 5.69 Å². The fraction of sp³-hybridized carbons (Fsp3) is 0.0435. The van der Waals surface area contributed by atoms with E-state index in [1.807, 2.05) is 30.3 Å². The molecule has 4 aromatic rings. The molecule has 0 saturated heterocycles. The number of nitrogens with one attached hydrogen (secondary N) is 2. The number of sulfonamides is 1. The molecule has 0 bridgehead atoms. The number of rotatable bonds is 6. The summed E-state index contributed by atoms with van der Waals surface area (Å²) in [5.41, 5.74) is 1.52. The third kappa shape index (κ3) is 4.52. The van der Waals surface area contributed by atoms with Crippen molar-refractivity contribution in [3.63, 3.8) is 0 Å². The van der Waals surface area contributed by atoms with Gasteiger partial charge in [0.25, 0.3) is 15.9 Å². The normalized spacial score (nSPS) is 11.2. The standard InChI is InChI=1S/C23H19FN4O3S/c1-16-11-12-17(15-22(16)32(30,31)27-20-10-6-5-9-19(20)24)25-23(29)21-13-14-28(26-21)18-7-3-2-4-8-18/h2-15,27H,1H3,(H,25,29). The molecule has 0 aliphatic carbocycles. The maximum Gasteiger partial charge on any atom is 0.276 e. The Morgan fingerprint density at radius 1 is 0.969 bits per heavy atom. The van der Waals surface area contributed by atoms with Crippen molar-refractivity contribution in [3.8, 4) is 5.69 Å². The topological polar surface area (TPSA) is 93.1 Å². The summed E-state index contributed by atoms with van der Waals surface area (Å²) in [5.74, 6) is -1.18. The Balaban J connectivity index is 1.56. The predicted molar refractivity (Wildman–Crippen MR) is 120 cm³/mol. The van der Waals surface area contributed by atoms with E-state index in [2.05, 4.69) is 15.1 Å². The van der Waals surface area contributed by atoms with Gasteiger partial charge < -0.3 is 5.32 Å². The monoisotopic (exact) mass is 450 g/mol. The summed E-state index contributed by atoms with van der Waals surface area (Å²) < 4.78 is 43.4. The number of hydrogen-bond acceptors (Lipinski definition) is 4. The fourth-order valence-electron chi connectivity index (χ4n) is 3.08. The van der Waals surface area contributed by atoms with Gasteiger partial charge in [-0.3, -0.25) is 9.52 Å². The summed E-state index contributed by atoms with van der Waals surface area (Å²) in [6.45, 7) is 1.61. The van der Waals surface area contributed by atoms with Gasteiger partial charge >= 0.3 is 0 Å². The number of carbonyl (C=O) groups is 1. The molecule has 0 unspecified atom stereocenters. The zero-order valence-corrected chi connectivity index (χ0v) is 17.8. The highest BCUT2D eigenvalue weighted by Gasteiger charge is 2.20. The lowest BCUT2D eigenvalue weighted by molar-refractivity contribution is 0.102. The van der Waals surface area contributed by atoms with Gasteiger partial charge in [0.1, 0.15) is 5.82 Å². The number of aryl methyl sites for hydroxylation is 1. The highest BCUT2D eigenvalue weighted by molar-refractivity contribution is 7.92. The second-order valence-corrected chi connectivity index (χ2v) is 8.65. The van der Waals surface area contributed by atoms with Gasteiger partial charge in [0.15, 0.2) is 5.69 Å². The Morgan fingerprint density at radius 3 is 2.44 bits per heavy atom. The predicted octanol–water partition coefficient (Wildman–Crippen LogP) is 4.37. The SMILES string of the molecule is Cc1ccc(NC(=O)c2ccn(-c3ccccc3)n2)cc1S(=O)(=O)Nc1ccccc1F. The van der Waals surface area contributed by atoms with Crippen LogP contribution >= 0.6 is 0 Å².